The van der Waals surface area contributed by atoms with E-state index in [4.69, 9.17) is 9.47 Å². The first-order valence-corrected chi connectivity index (χ1v) is 11.5. The molecule has 6 heteroatoms. The van der Waals surface area contributed by atoms with E-state index < -0.39 is 11.1 Å². The highest BCUT2D eigenvalue weighted by Gasteiger charge is 2.08. The number of nitro groups is 1. The van der Waals surface area contributed by atoms with E-state index in [1.807, 2.05) is 0 Å². The minimum atomic E-state index is -0.781. The molecule has 31 heavy (non-hydrogen) atoms. The van der Waals surface area contributed by atoms with E-state index in [2.05, 4.69) is 31.2 Å². The van der Waals surface area contributed by atoms with Gasteiger partial charge < -0.3 is 9.47 Å². The lowest BCUT2D eigenvalue weighted by atomic mass is 10.1. The summed E-state index contributed by atoms with van der Waals surface area (Å²) >= 11 is 0. The van der Waals surface area contributed by atoms with Crippen LogP contribution in [0.5, 0.6) is 5.75 Å². The highest BCUT2D eigenvalue weighted by atomic mass is 16.7. The summed E-state index contributed by atoms with van der Waals surface area (Å²) in [7, 11) is 0. The van der Waals surface area contributed by atoms with Crippen molar-refractivity contribution in [3.8, 4) is 5.75 Å². The van der Waals surface area contributed by atoms with E-state index in [0.29, 0.717) is 6.61 Å². The molecule has 0 spiro atoms. The van der Waals surface area contributed by atoms with Crippen molar-refractivity contribution >= 4 is 11.8 Å². The number of carbonyl (C=O) groups excluding carboxylic acids is 1. The van der Waals surface area contributed by atoms with E-state index in [9.17, 15) is 14.9 Å². The lowest BCUT2D eigenvalue weighted by Gasteiger charge is -2.06. The fourth-order valence-electron chi connectivity index (χ4n) is 3.01. The smallest absolute Gasteiger partial charge is 0.434 e. The van der Waals surface area contributed by atoms with Gasteiger partial charge in [-0.05, 0) is 50.7 Å². The molecule has 0 bridgehead atoms. The summed E-state index contributed by atoms with van der Waals surface area (Å²) in [6, 6.07) is 5.32. The standard InChI is InChI=1S/C25H37NO5/c1-2-3-4-5-6-7-8-9-10-11-12-13-14-15-16-17-22-30-25(27)31-24-20-18-23(19-21-24)26(28)29/h6-7,9-10,18-21H,2-5,8,11-17,22H2,1H3/b7-6-,10-9-. The molecule has 0 saturated heterocycles. The summed E-state index contributed by atoms with van der Waals surface area (Å²) in [5.74, 6) is 0.229. The normalized spacial score (nSPS) is 11.3. The van der Waals surface area contributed by atoms with Crippen LogP contribution >= 0.6 is 0 Å². The zero-order valence-electron chi connectivity index (χ0n) is 18.8. The van der Waals surface area contributed by atoms with Crippen LogP contribution in [0.1, 0.15) is 84.0 Å². The first kappa shape index (κ1) is 26.4. The molecular weight excluding hydrogens is 394 g/mol. The molecule has 0 aliphatic carbocycles. The van der Waals surface area contributed by atoms with Crippen molar-refractivity contribution in [2.45, 2.75) is 84.0 Å². The van der Waals surface area contributed by atoms with Gasteiger partial charge in [0.1, 0.15) is 5.75 Å². The molecule has 0 radical (unpaired) electrons. The molecule has 0 saturated carbocycles. The lowest BCUT2D eigenvalue weighted by Crippen LogP contribution is -2.11. The van der Waals surface area contributed by atoms with Crippen LogP contribution in [-0.2, 0) is 4.74 Å². The number of ether oxygens (including phenoxy) is 2. The van der Waals surface area contributed by atoms with Crippen molar-refractivity contribution < 1.29 is 19.2 Å². The van der Waals surface area contributed by atoms with Gasteiger partial charge in [-0.25, -0.2) is 4.79 Å². The van der Waals surface area contributed by atoms with Gasteiger partial charge >= 0.3 is 6.16 Å². The van der Waals surface area contributed by atoms with Crippen LogP contribution in [0.3, 0.4) is 0 Å². The van der Waals surface area contributed by atoms with E-state index in [-0.39, 0.29) is 11.4 Å². The van der Waals surface area contributed by atoms with E-state index in [1.54, 1.807) is 0 Å². The summed E-state index contributed by atoms with van der Waals surface area (Å²) in [5, 5.41) is 10.6. The van der Waals surface area contributed by atoms with Gasteiger partial charge in [-0.3, -0.25) is 10.1 Å². The summed E-state index contributed by atoms with van der Waals surface area (Å²) in [5.41, 5.74) is -0.0536. The maximum Gasteiger partial charge on any atom is 0.513 e. The van der Waals surface area contributed by atoms with Crippen LogP contribution in [0.2, 0.25) is 0 Å². The average Bonchev–Trinajstić information content (AvgIpc) is 2.76. The zero-order chi connectivity index (χ0) is 22.6. The summed E-state index contributed by atoms with van der Waals surface area (Å²) < 4.78 is 10.0. The Labute approximate surface area is 186 Å². The Hall–Kier alpha value is -2.63. The van der Waals surface area contributed by atoms with Crippen LogP contribution in [0.15, 0.2) is 48.6 Å². The Morgan fingerprint density at radius 2 is 1.45 bits per heavy atom. The molecule has 0 aromatic heterocycles. The van der Waals surface area contributed by atoms with Gasteiger partial charge in [0.2, 0.25) is 0 Å². The third-order valence-electron chi connectivity index (χ3n) is 4.81. The largest absolute Gasteiger partial charge is 0.513 e. The Bertz CT molecular complexity index is 667. The lowest BCUT2D eigenvalue weighted by molar-refractivity contribution is -0.384. The Kier molecular flexibility index (Phi) is 15.5. The SMILES string of the molecule is CCCCC/C=C\C/C=C\CCCCCCCCOC(=O)Oc1ccc([N+](=O)[O-])cc1. The fourth-order valence-corrected chi connectivity index (χ4v) is 3.01. The molecule has 0 unspecified atom stereocenters. The first-order chi connectivity index (χ1) is 15.1. The highest BCUT2D eigenvalue weighted by Crippen LogP contribution is 2.17. The molecule has 1 aromatic carbocycles. The van der Waals surface area contributed by atoms with Crippen molar-refractivity contribution in [1.29, 1.82) is 0 Å². The van der Waals surface area contributed by atoms with Gasteiger partial charge in [0.15, 0.2) is 0 Å². The first-order valence-electron chi connectivity index (χ1n) is 11.5. The number of nitro benzene ring substituents is 1. The molecule has 172 valence electrons. The van der Waals surface area contributed by atoms with E-state index >= 15 is 0 Å². The second kappa shape index (κ2) is 18.2. The van der Waals surface area contributed by atoms with Gasteiger partial charge in [0.25, 0.3) is 5.69 Å². The van der Waals surface area contributed by atoms with E-state index in [0.717, 1.165) is 32.1 Å². The third kappa shape index (κ3) is 14.9. The average molecular weight is 432 g/mol. The van der Waals surface area contributed by atoms with Gasteiger partial charge in [-0.15, -0.1) is 0 Å². The predicted molar refractivity (Wildman–Crippen MR) is 124 cm³/mol. The number of hydrogen-bond donors (Lipinski definition) is 0. The van der Waals surface area contributed by atoms with Crippen LogP contribution in [0.25, 0.3) is 0 Å². The van der Waals surface area contributed by atoms with Gasteiger partial charge in [0, 0.05) is 12.1 Å². The maximum atomic E-state index is 11.6. The molecule has 0 aliphatic rings. The summed E-state index contributed by atoms with van der Waals surface area (Å²) in [6.07, 6.45) is 22.2. The van der Waals surface area contributed by atoms with Gasteiger partial charge in [0.05, 0.1) is 11.5 Å². The van der Waals surface area contributed by atoms with Crippen molar-refractivity contribution in [2.24, 2.45) is 0 Å². The minimum absolute atomic E-state index is 0.0536. The number of rotatable bonds is 17. The number of hydrogen-bond acceptors (Lipinski definition) is 5. The van der Waals surface area contributed by atoms with Crippen LogP contribution in [-0.4, -0.2) is 17.7 Å². The second-order valence-electron chi connectivity index (χ2n) is 7.54. The van der Waals surface area contributed by atoms with Crippen molar-refractivity contribution in [1.82, 2.24) is 0 Å². The van der Waals surface area contributed by atoms with Crippen molar-refractivity contribution in [2.75, 3.05) is 6.61 Å². The number of non-ortho nitro benzene ring substituents is 1. The number of nitrogens with zero attached hydrogens (tertiary/aromatic N) is 1. The topological polar surface area (TPSA) is 78.7 Å². The molecule has 0 amide bonds. The molecule has 1 aromatic rings. The number of carbonyl (C=O) groups is 1. The second-order valence-corrected chi connectivity index (χ2v) is 7.54. The molecule has 0 N–H and O–H groups in total. The molecule has 1 rings (SSSR count). The Balaban J connectivity index is 1.91. The Morgan fingerprint density at radius 1 is 0.871 bits per heavy atom. The van der Waals surface area contributed by atoms with Crippen molar-refractivity contribution in [3.05, 3.63) is 58.7 Å². The third-order valence-corrected chi connectivity index (χ3v) is 4.81. The summed E-state index contributed by atoms with van der Waals surface area (Å²) in [6.45, 7) is 2.55. The number of benzene rings is 1. The monoisotopic (exact) mass is 431 g/mol. The minimum Gasteiger partial charge on any atom is -0.434 e. The highest BCUT2D eigenvalue weighted by molar-refractivity contribution is 5.63. The van der Waals surface area contributed by atoms with Crippen LogP contribution in [0.4, 0.5) is 10.5 Å². The van der Waals surface area contributed by atoms with Crippen LogP contribution < -0.4 is 4.74 Å². The molecular formula is C25H37NO5. The fraction of sp³-hybridized carbons (Fsp3) is 0.560. The van der Waals surface area contributed by atoms with Gasteiger partial charge in [-0.2, -0.15) is 0 Å². The number of allylic oxidation sites excluding steroid dienone is 4. The predicted octanol–water partition coefficient (Wildman–Crippen LogP) is 7.92. The van der Waals surface area contributed by atoms with E-state index in [1.165, 1.54) is 69.2 Å². The van der Waals surface area contributed by atoms with Crippen molar-refractivity contribution in [3.63, 3.8) is 0 Å². The maximum absolute atomic E-state index is 11.6. The quantitative estimate of drug-likeness (QED) is 0.0625. The van der Waals surface area contributed by atoms with Gasteiger partial charge in [-0.1, -0.05) is 69.8 Å². The molecule has 0 heterocycles. The van der Waals surface area contributed by atoms with Crippen LogP contribution in [0, 0.1) is 10.1 Å². The number of unbranched alkanes of at least 4 members (excludes halogenated alkanes) is 9. The summed E-state index contributed by atoms with van der Waals surface area (Å²) in [4.78, 5) is 21.7. The molecule has 6 nitrogen and oxygen atoms in total. The molecule has 0 atom stereocenters. The molecule has 0 aliphatic heterocycles. The zero-order valence-corrected chi connectivity index (χ0v) is 18.8. The Morgan fingerprint density at radius 3 is 2.06 bits per heavy atom. The molecule has 0 fully saturated rings.